The minimum Gasteiger partial charge on any atom is -0.394 e. The summed E-state index contributed by atoms with van der Waals surface area (Å²) in [5, 5.41) is 15.2. The van der Waals surface area contributed by atoms with E-state index in [-0.39, 0.29) is 12.5 Å². The third-order valence-electron chi connectivity index (χ3n) is 5.17. The molecule has 1 fully saturated rings. The predicted octanol–water partition coefficient (Wildman–Crippen LogP) is 2.68. The van der Waals surface area contributed by atoms with Crippen molar-refractivity contribution in [3.8, 4) is 0 Å². The van der Waals surface area contributed by atoms with E-state index in [1.54, 1.807) is 0 Å². The lowest BCUT2D eigenvalue weighted by molar-refractivity contribution is 0.0125. The van der Waals surface area contributed by atoms with Gasteiger partial charge in [0.15, 0.2) is 0 Å². The molecule has 4 rings (SSSR count). The smallest absolute Gasteiger partial charge is 0.252 e. The maximum absolute atomic E-state index is 12.9. The quantitative estimate of drug-likeness (QED) is 0.913. The van der Waals surface area contributed by atoms with E-state index in [2.05, 4.69) is 29.6 Å². The van der Waals surface area contributed by atoms with E-state index in [9.17, 15) is 9.90 Å². The lowest BCUT2D eigenvalue weighted by Crippen LogP contribution is -2.54. The fourth-order valence-electron chi connectivity index (χ4n) is 3.72. The van der Waals surface area contributed by atoms with E-state index in [4.69, 9.17) is 4.74 Å². The molecule has 1 heterocycles. The van der Waals surface area contributed by atoms with Crippen molar-refractivity contribution in [1.29, 1.82) is 0 Å². The Morgan fingerprint density at radius 2 is 2.04 bits per heavy atom. The number of aliphatic hydroxyl groups is 1. The molecule has 2 aliphatic rings. The van der Waals surface area contributed by atoms with E-state index in [1.807, 2.05) is 18.2 Å². The molecule has 124 valence electrons. The van der Waals surface area contributed by atoms with Gasteiger partial charge in [0.05, 0.1) is 12.1 Å². The summed E-state index contributed by atoms with van der Waals surface area (Å²) in [7, 11) is 0. The molecule has 0 spiro atoms. The van der Waals surface area contributed by atoms with Crippen molar-refractivity contribution in [2.24, 2.45) is 0 Å². The normalized spacial score (nSPS) is 18.5. The van der Waals surface area contributed by atoms with Crippen LogP contribution in [0, 0.1) is 0 Å². The average Bonchev–Trinajstić information content (AvgIpc) is 2.63. The molecule has 2 N–H and O–H groups in total. The Kier molecular flexibility index (Phi) is 3.87. The van der Waals surface area contributed by atoms with E-state index < -0.39 is 5.54 Å². The third-order valence-corrected chi connectivity index (χ3v) is 5.17. The summed E-state index contributed by atoms with van der Waals surface area (Å²) >= 11 is 0. The second-order valence-corrected chi connectivity index (χ2v) is 6.65. The van der Waals surface area contributed by atoms with Crippen molar-refractivity contribution in [2.45, 2.75) is 24.8 Å². The largest absolute Gasteiger partial charge is 0.394 e. The van der Waals surface area contributed by atoms with Crippen molar-refractivity contribution in [3.05, 3.63) is 53.1 Å². The van der Waals surface area contributed by atoms with Gasteiger partial charge in [-0.2, -0.15) is 0 Å². The topological polar surface area (TPSA) is 58.6 Å². The summed E-state index contributed by atoms with van der Waals surface area (Å²) in [6.45, 7) is 1.07. The number of ether oxygens (including phenoxy) is 1. The van der Waals surface area contributed by atoms with Crippen LogP contribution >= 0.6 is 0 Å². The molecule has 4 nitrogen and oxygen atoms in total. The molecule has 24 heavy (non-hydrogen) atoms. The zero-order valence-corrected chi connectivity index (χ0v) is 13.5. The Labute approximate surface area is 141 Å². The molecule has 0 radical (unpaired) electrons. The summed E-state index contributed by atoms with van der Waals surface area (Å²) in [6.07, 6.45) is 6.32. The van der Waals surface area contributed by atoms with Gasteiger partial charge in [-0.25, -0.2) is 0 Å². The van der Waals surface area contributed by atoms with Crippen molar-refractivity contribution in [2.75, 3.05) is 19.8 Å². The van der Waals surface area contributed by atoms with Crippen molar-refractivity contribution >= 4 is 22.8 Å². The van der Waals surface area contributed by atoms with Gasteiger partial charge in [-0.3, -0.25) is 4.79 Å². The van der Waals surface area contributed by atoms with Crippen LogP contribution in [0.1, 0.15) is 34.3 Å². The van der Waals surface area contributed by atoms with Gasteiger partial charge >= 0.3 is 0 Å². The number of carbonyl (C=O) groups is 1. The highest BCUT2D eigenvalue weighted by Crippen LogP contribution is 2.31. The predicted molar refractivity (Wildman–Crippen MR) is 94.0 cm³/mol. The highest BCUT2D eigenvalue weighted by atomic mass is 16.5. The lowest BCUT2D eigenvalue weighted by atomic mass is 9.88. The van der Waals surface area contributed by atoms with Gasteiger partial charge in [-0.05, 0) is 47.2 Å². The molecule has 0 saturated carbocycles. The minimum atomic E-state index is -0.574. The van der Waals surface area contributed by atoms with Crippen LogP contribution in [0.25, 0.3) is 16.8 Å². The first-order valence-electron chi connectivity index (χ1n) is 8.45. The number of amides is 1. The Balaban J connectivity index is 1.73. The number of benzene rings is 2. The number of hydrogen-bond acceptors (Lipinski definition) is 3. The molecule has 2 aromatic rings. The lowest BCUT2D eigenvalue weighted by Gasteiger charge is -2.36. The first-order chi connectivity index (χ1) is 11.7. The van der Waals surface area contributed by atoms with E-state index in [0.717, 1.165) is 22.8 Å². The molecular weight excluding hydrogens is 302 g/mol. The highest BCUT2D eigenvalue weighted by Gasteiger charge is 2.34. The van der Waals surface area contributed by atoms with Crippen LogP contribution in [-0.2, 0) is 11.2 Å². The second-order valence-electron chi connectivity index (χ2n) is 6.65. The zero-order valence-electron chi connectivity index (χ0n) is 13.5. The van der Waals surface area contributed by atoms with Crippen LogP contribution < -0.4 is 5.32 Å². The molecule has 2 aromatic carbocycles. The van der Waals surface area contributed by atoms with Gasteiger partial charge in [0.2, 0.25) is 0 Å². The van der Waals surface area contributed by atoms with Gasteiger partial charge in [0, 0.05) is 18.8 Å². The molecule has 1 amide bonds. The van der Waals surface area contributed by atoms with Crippen LogP contribution in [0.5, 0.6) is 0 Å². The molecule has 0 bridgehead atoms. The summed E-state index contributed by atoms with van der Waals surface area (Å²) in [6, 6.07) is 10.1. The fraction of sp³-hybridized carbons (Fsp3) is 0.350. The van der Waals surface area contributed by atoms with Gasteiger partial charge in [0.1, 0.15) is 0 Å². The molecule has 1 aliphatic heterocycles. The number of allylic oxidation sites excluding steroid dienone is 1. The molecule has 1 aliphatic carbocycles. The highest BCUT2D eigenvalue weighted by molar-refractivity contribution is 6.06. The van der Waals surface area contributed by atoms with Crippen molar-refractivity contribution < 1.29 is 14.6 Å². The maximum atomic E-state index is 12.9. The number of rotatable bonds is 3. The van der Waals surface area contributed by atoms with E-state index in [0.29, 0.717) is 31.6 Å². The Bertz CT molecular complexity index is 819. The van der Waals surface area contributed by atoms with E-state index in [1.165, 1.54) is 5.56 Å². The van der Waals surface area contributed by atoms with Crippen LogP contribution in [-0.4, -0.2) is 36.4 Å². The van der Waals surface area contributed by atoms with Gasteiger partial charge in [-0.1, -0.05) is 36.4 Å². The van der Waals surface area contributed by atoms with Gasteiger partial charge in [-0.15, -0.1) is 0 Å². The standard InChI is InChI=1S/C20H21NO3/c22-13-20(9-11-24-12-10-20)21-19(23)17-8-7-15-4-1-3-14-5-2-6-16(17)18(14)15/h1-4,6-8,22H,5,9-13H2,(H,21,23). The van der Waals surface area contributed by atoms with Crippen LogP contribution in [0.3, 0.4) is 0 Å². The van der Waals surface area contributed by atoms with Crippen LogP contribution in [0.15, 0.2) is 36.4 Å². The monoisotopic (exact) mass is 323 g/mol. The molecular formula is C20H21NO3. The number of aliphatic hydroxyl groups excluding tert-OH is 1. The zero-order chi connectivity index (χ0) is 16.6. The summed E-state index contributed by atoms with van der Waals surface area (Å²) in [5.74, 6) is -0.121. The number of nitrogens with one attached hydrogen (secondary N) is 1. The Morgan fingerprint density at radius 1 is 1.21 bits per heavy atom. The molecule has 0 aromatic heterocycles. The Morgan fingerprint density at radius 3 is 2.83 bits per heavy atom. The summed E-state index contributed by atoms with van der Waals surface area (Å²) in [5.41, 5.74) is 2.33. The average molecular weight is 323 g/mol. The van der Waals surface area contributed by atoms with Crippen molar-refractivity contribution in [1.82, 2.24) is 5.32 Å². The SMILES string of the molecule is O=C(NC1(CO)CCOCC1)c1ccc2cccc3c2c1C=CC3. The minimum absolute atomic E-state index is 0.0634. The molecule has 1 saturated heterocycles. The maximum Gasteiger partial charge on any atom is 0.252 e. The summed E-state index contributed by atoms with van der Waals surface area (Å²) < 4.78 is 5.37. The first-order valence-corrected chi connectivity index (χ1v) is 8.45. The van der Waals surface area contributed by atoms with Gasteiger partial charge in [0.25, 0.3) is 5.91 Å². The molecule has 0 unspecified atom stereocenters. The first kappa shape index (κ1) is 15.4. The van der Waals surface area contributed by atoms with Crippen LogP contribution in [0.2, 0.25) is 0 Å². The fourth-order valence-corrected chi connectivity index (χ4v) is 3.72. The molecule has 0 atom stereocenters. The molecule has 4 heteroatoms. The number of hydrogen-bond donors (Lipinski definition) is 2. The second kappa shape index (κ2) is 6.04. The van der Waals surface area contributed by atoms with E-state index >= 15 is 0 Å². The third kappa shape index (κ3) is 2.52. The van der Waals surface area contributed by atoms with Crippen LogP contribution in [0.4, 0.5) is 0 Å². The van der Waals surface area contributed by atoms with Crippen molar-refractivity contribution in [3.63, 3.8) is 0 Å². The Hall–Kier alpha value is -2.17. The van der Waals surface area contributed by atoms with Gasteiger partial charge < -0.3 is 15.2 Å². The summed E-state index contributed by atoms with van der Waals surface area (Å²) in [4.78, 5) is 12.9. The number of carbonyl (C=O) groups excluding carboxylic acids is 1.